The summed E-state index contributed by atoms with van der Waals surface area (Å²) in [5, 5.41) is 0.0562. The molecule has 1 aliphatic carbocycles. The van der Waals surface area contributed by atoms with E-state index in [0.29, 0.717) is 35.7 Å². The standard InChI is InChI=1S/C39H57ClN4O5S/c1-28-7-6-9-32(25-43-19-17-42(18-20-43)21-22-48-3)36-14-11-33(36)26-44-16-5-4-8-30-23-35(40)13-10-34(30)27-49-38-15-12-31(24-37(38)44)39(45)41-50(46,47)29(28)2/h10,12-13,15,23-24,28-29,32-33,36H,4-9,11,14,16-22,25-27H2,1-3H3,(H,41,45)/t28-,29+,32+,33-,36-/m0/s1. The van der Waals surface area contributed by atoms with E-state index in [1.54, 1.807) is 20.1 Å². The first-order valence-corrected chi connectivity index (χ1v) is 20.8. The van der Waals surface area contributed by atoms with Crippen molar-refractivity contribution in [3.63, 3.8) is 0 Å². The number of benzene rings is 2. The number of methoxy groups -OCH3 is 1. The molecule has 276 valence electrons. The number of anilines is 1. The maximum Gasteiger partial charge on any atom is 0.264 e. The summed E-state index contributed by atoms with van der Waals surface area (Å²) in [6, 6.07) is 11.4. The summed E-state index contributed by atoms with van der Waals surface area (Å²) < 4.78 is 41.3. The molecule has 5 atom stereocenters. The zero-order valence-corrected chi connectivity index (χ0v) is 31.8. The molecule has 0 aromatic heterocycles. The van der Waals surface area contributed by atoms with Crippen molar-refractivity contribution < 1.29 is 22.7 Å². The van der Waals surface area contributed by atoms with Gasteiger partial charge in [0.25, 0.3) is 5.91 Å². The molecule has 3 heterocycles. The maximum absolute atomic E-state index is 13.5. The number of halogens is 1. The number of amides is 1. The Bertz CT molecular complexity index is 1570. The average Bonchev–Trinajstić information content (AvgIpc) is 3.11. The minimum Gasteiger partial charge on any atom is -0.487 e. The van der Waals surface area contributed by atoms with Crippen LogP contribution in [0.5, 0.6) is 5.75 Å². The molecule has 2 fully saturated rings. The van der Waals surface area contributed by atoms with Crippen LogP contribution in [0.3, 0.4) is 0 Å². The number of aryl methyl sites for hydroxylation is 1. The number of carbonyl (C=O) groups is 1. The van der Waals surface area contributed by atoms with Gasteiger partial charge < -0.3 is 19.3 Å². The van der Waals surface area contributed by atoms with Gasteiger partial charge in [0.2, 0.25) is 10.0 Å². The fourth-order valence-corrected chi connectivity index (χ4v) is 10.0. The highest BCUT2D eigenvalue weighted by Crippen LogP contribution is 2.44. The van der Waals surface area contributed by atoms with E-state index >= 15 is 0 Å². The van der Waals surface area contributed by atoms with Gasteiger partial charge in [0, 0.05) is 70.1 Å². The molecule has 2 aromatic carbocycles. The van der Waals surface area contributed by atoms with Crippen LogP contribution in [0.15, 0.2) is 36.4 Å². The molecule has 50 heavy (non-hydrogen) atoms. The van der Waals surface area contributed by atoms with Crippen LogP contribution < -0.4 is 14.4 Å². The maximum atomic E-state index is 13.5. The molecule has 1 saturated heterocycles. The second-order valence-corrected chi connectivity index (χ2v) is 17.7. The van der Waals surface area contributed by atoms with Crippen LogP contribution >= 0.6 is 11.6 Å². The third kappa shape index (κ3) is 9.16. The fourth-order valence-electron chi connectivity index (χ4n) is 8.52. The molecule has 0 spiro atoms. The highest BCUT2D eigenvalue weighted by Gasteiger charge is 2.39. The van der Waals surface area contributed by atoms with E-state index in [1.165, 1.54) is 18.4 Å². The number of rotatable bonds is 5. The Morgan fingerprint density at radius 2 is 1.72 bits per heavy atom. The van der Waals surface area contributed by atoms with Gasteiger partial charge >= 0.3 is 0 Å². The monoisotopic (exact) mass is 728 g/mol. The van der Waals surface area contributed by atoms with Gasteiger partial charge in [-0.3, -0.25) is 9.69 Å². The summed E-state index contributed by atoms with van der Waals surface area (Å²) in [5.74, 6) is 1.80. The van der Waals surface area contributed by atoms with E-state index in [0.717, 1.165) is 114 Å². The molecule has 2 bridgehead atoms. The Morgan fingerprint density at radius 1 is 0.920 bits per heavy atom. The van der Waals surface area contributed by atoms with Gasteiger partial charge in [0.05, 0.1) is 17.5 Å². The third-order valence-corrected chi connectivity index (χ3v) is 14.3. The third-order valence-electron chi connectivity index (χ3n) is 12.1. The number of hydrogen-bond acceptors (Lipinski definition) is 8. The van der Waals surface area contributed by atoms with Gasteiger partial charge in [-0.15, -0.1) is 0 Å². The molecule has 1 saturated carbocycles. The second kappa shape index (κ2) is 17.0. The SMILES string of the molecule is COCCN1CCN(C[C@H]2CCC[C@H](C)[C@@H](C)S(=O)(=O)NC(=O)c3ccc4c(c3)N(CCCCc3cc(Cl)ccc3CO4)C[C@@H]3CC[C@@H]23)CC1. The number of carbonyl (C=O) groups excluding carboxylic acids is 1. The first-order chi connectivity index (χ1) is 24.1. The highest BCUT2D eigenvalue weighted by molar-refractivity contribution is 7.90. The van der Waals surface area contributed by atoms with Gasteiger partial charge in [-0.2, -0.15) is 0 Å². The quantitative estimate of drug-likeness (QED) is 0.388. The fraction of sp³-hybridized carbons (Fsp3) is 0.667. The van der Waals surface area contributed by atoms with Crippen molar-refractivity contribution in [2.75, 3.05) is 71.0 Å². The van der Waals surface area contributed by atoms with E-state index in [4.69, 9.17) is 21.1 Å². The van der Waals surface area contributed by atoms with E-state index in [-0.39, 0.29) is 5.92 Å². The first kappa shape index (κ1) is 37.4. The molecule has 2 aromatic rings. The molecule has 1 amide bonds. The number of nitrogens with one attached hydrogen (secondary N) is 1. The van der Waals surface area contributed by atoms with Crippen LogP contribution in [0, 0.1) is 23.7 Å². The van der Waals surface area contributed by atoms with Gasteiger partial charge in [-0.1, -0.05) is 31.0 Å². The van der Waals surface area contributed by atoms with Crippen LogP contribution in [-0.2, 0) is 27.8 Å². The summed E-state index contributed by atoms with van der Waals surface area (Å²) in [4.78, 5) is 21.1. The number of hydrogen-bond donors (Lipinski definition) is 1. The minimum absolute atomic E-state index is 0.0653. The van der Waals surface area contributed by atoms with Crippen molar-refractivity contribution in [2.24, 2.45) is 23.7 Å². The van der Waals surface area contributed by atoms with Crippen LogP contribution in [0.4, 0.5) is 5.69 Å². The molecule has 4 aliphatic rings. The molecular formula is C39H57ClN4O5S. The molecule has 6 rings (SSSR count). The summed E-state index contributed by atoms with van der Waals surface area (Å²) in [6.07, 6.45) is 8.28. The number of fused-ring (bicyclic) bond motifs is 3. The zero-order chi connectivity index (χ0) is 35.3. The van der Waals surface area contributed by atoms with Crippen molar-refractivity contribution in [3.05, 3.63) is 58.1 Å². The number of ether oxygens (including phenoxy) is 2. The van der Waals surface area contributed by atoms with Crippen molar-refractivity contribution >= 4 is 33.2 Å². The first-order valence-electron chi connectivity index (χ1n) is 18.9. The normalized spacial score (nSPS) is 28.6. The van der Waals surface area contributed by atoms with Crippen molar-refractivity contribution in [3.8, 4) is 5.75 Å². The summed E-state index contributed by atoms with van der Waals surface area (Å²) in [7, 11) is -2.10. The lowest BCUT2D eigenvalue weighted by atomic mass is 9.65. The Kier molecular flexibility index (Phi) is 12.7. The molecule has 1 N–H and O–H groups in total. The summed E-state index contributed by atoms with van der Waals surface area (Å²) in [6.45, 7) is 13.1. The number of piperazine rings is 1. The minimum atomic E-state index is -3.87. The lowest BCUT2D eigenvalue weighted by molar-refractivity contribution is 0.0444. The molecule has 0 unspecified atom stereocenters. The topological polar surface area (TPSA) is 91.4 Å². The van der Waals surface area contributed by atoms with Crippen LogP contribution in [0.25, 0.3) is 0 Å². The molecular weight excluding hydrogens is 672 g/mol. The predicted octanol–water partition coefficient (Wildman–Crippen LogP) is 6.24. The molecule has 11 heteroatoms. The smallest absolute Gasteiger partial charge is 0.264 e. The van der Waals surface area contributed by atoms with Crippen molar-refractivity contribution in [1.82, 2.24) is 14.5 Å². The zero-order valence-electron chi connectivity index (χ0n) is 30.2. The Balaban J connectivity index is 1.29. The Morgan fingerprint density at radius 3 is 2.48 bits per heavy atom. The number of nitrogens with zero attached hydrogens (tertiary/aromatic N) is 3. The van der Waals surface area contributed by atoms with Gasteiger partial charge in [0.15, 0.2) is 0 Å². The summed E-state index contributed by atoms with van der Waals surface area (Å²) >= 11 is 6.39. The number of sulfonamides is 1. The van der Waals surface area contributed by atoms with Crippen LogP contribution in [0.1, 0.15) is 80.3 Å². The van der Waals surface area contributed by atoms with Crippen LogP contribution in [-0.4, -0.2) is 95.4 Å². The van der Waals surface area contributed by atoms with Crippen molar-refractivity contribution in [1.29, 1.82) is 0 Å². The average molecular weight is 729 g/mol. The predicted molar refractivity (Wildman–Crippen MR) is 201 cm³/mol. The molecule has 0 radical (unpaired) electrons. The van der Waals surface area contributed by atoms with Gasteiger partial charge in [-0.05, 0) is 117 Å². The largest absolute Gasteiger partial charge is 0.487 e. The lowest BCUT2D eigenvalue weighted by Gasteiger charge is -2.47. The van der Waals surface area contributed by atoms with E-state index < -0.39 is 21.2 Å². The van der Waals surface area contributed by atoms with E-state index in [9.17, 15) is 13.2 Å². The van der Waals surface area contributed by atoms with Gasteiger partial charge in [0.1, 0.15) is 12.4 Å². The lowest BCUT2D eigenvalue weighted by Crippen LogP contribution is -2.50. The Labute approximate surface area is 305 Å². The Hall–Kier alpha value is -2.37. The molecule has 3 aliphatic heterocycles. The molecule has 9 nitrogen and oxygen atoms in total. The van der Waals surface area contributed by atoms with Gasteiger partial charge in [-0.25, -0.2) is 13.1 Å². The van der Waals surface area contributed by atoms with E-state index in [1.807, 2.05) is 31.2 Å². The second-order valence-electron chi connectivity index (χ2n) is 15.3. The van der Waals surface area contributed by atoms with E-state index in [2.05, 4.69) is 25.5 Å². The van der Waals surface area contributed by atoms with Crippen LogP contribution in [0.2, 0.25) is 5.02 Å². The summed E-state index contributed by atoms with van der Waals surface area (Å²) in [5.41, 5.74) is 3.53. The van der Waals surface area contributed by atoms with Crippen molar-refractivity contribution in [2.45, 2.75) is 77.1 Å². The highest BCUT2D eigenvalue weighted by atomic mass is 35.5.